The SMILES string of the molecule is O=C(Cc1ccccc1)N[C@@H]1CC[C@@H](CC(=O)N2CCOCC2)O[C@@H]1CO. The molecule has 0 aromatic heterocycles. The Morgan fingerprint density at radius 1 is 1.15 bits per heavy atom. The Bertz CT molecular complexity index is 618. The lowest BCUT2D eigenvalue weighted by molar-refractivity contribution is -0.145. The molecule has 2 fully saturated rings. The fourth-order valence-corrected chi connectivity index (χ4v) is 3.62. The molecule has 3 rings (SSSR count). The topological polar surface area (TPSA) is 88.1 Å². The van der Waals surface area contributed by atoms with Crippen molar-refractivity contribution in [2.75, 3.05) is 32.9 Å². The lowest BCUT2D eigenvalue weighted by Gasteiger charge is -2.37. The summed E-state index contributed by atoms with van der Waals surface area (Å²) in [5.41, 5.74) is 0.946. The molecule has 0 spiro atoms. The van der Waals surface area contributed by atoms with Crippen LogP contribution in [-0.2, 0) is 25.5 Å². The van der Waals surface area contributed by atoms with Crippen LogP contribution in [0.25, 0.3) is 0 Å². The van der Waals surface area contributed by atoms with E-state index < -0.39 is 6.10 Å². The van der Waals surface area contributed by atoms with E-state index in [0.717, 1.165) is 5.56 Å². The Hall–Kier alpha value is -1.96. The summed E-state index contributed by atoms with van der Waals surface area (Å²) in [7, 11) is 0. The molecule has 27 heavy (non-hydrogen) atoms. The highest BCUT2D eigenvalue weighted by atomic mass is 16.5. The second-order valence-electron chi connectivity index (χ2n) is 7.09. The number of nitrogens with one attached hydrogen (secondary N) is 1. The van der Waals surface area contributed by atoms with Crippen molar-refractivity contribution in [3.05, 3.63) is 35.9 Å². The summed E-state index contributed by atoms with van der Waals surface area (Å²) >= 11 is 0. The van der Waals surface area contributed by atoms with E-state index in [9.17, 15) is 14.7 Å². The maximum atomic E-state index is 12.4. The highest BCUT2D eigenvalue weighted by Crippen LogP contribution is 2.23. The first-order valence-electron chi connectivity index (χ1n) is 9.61. The van der Waals surface area contributed by atoms with Crippen molar-refractivity contribution in [1.29, 1.82) is 0 Å². The second kappa shape index (κ2) is 9.82. The van der Waals surface area contributed by atoms with Crippen molar-refractivity contribution in [2.45, 2.75) is 43.9 Å². The van der Waals surface area contributed by atoms with Gasteiger partial charge in [0.25, 0.3) is 0 Å². The number of carbonyl (C=O) groups excluding carboxylic acids is 2. The van der Waals surface area contributed by atoms with E-state index in [1.807, 2.05) is 30.3 Å². The Labute approximate surface area is 159 Å². The molecule has 0 unspecified atom stereocenters. The number of aliphatic hydroxyl groups is 1. The first kappa shape index (κ1) is 19.8. The molecule has 7 heteroatoms. The first-order valence-corrected chi connectivity index (χ1v) is 9.61. The molecule has 0 saturated carbocycles. The van der Waals surface area contributed by atoms with Gasteiger partial charge in [-0.2, -0.15) is 0 Å². The molecular weight excluding hydrogens is 348 g/mol. The van der Waals surface area contributed by atoms with Gasteiger partial charge in [0.2, 0.25) is 11.8 Å². The molecule has 0 aliphatic carbocycles. The van der Waals surface area contributed by atoms with Gasteiger partial charge in [0, 0.05) is 13.1 Å². The molecule has 3 atom stereocenters. The monoisotopic (exact) mass is 376 g/mol. The number of benzene rings is 1. The molecule has 1 aromatic rings. The number of aliphatic hydroxyl groups excluding tert-OH is 1. The Morgan fingerprint density at radius 2 is 1.89 bits per heavy atom. The van der Waals surface area contributed by atoms with Gasteiger partial charge >= 0.3 is 0 Å². The molecule has 0 bridgehead atoms. The minimum Gasteiger partial charge on any atom is -0.394 e. The minimum atomic E-state index is -0.485. The maximum Gasteiger partial charge on any atom is 0.225 e. The van der Waals surface area contributed by atoms with Gasteiger partial charge in [-0.3, -0.25) is 9.59 Å². The molecule has 2 aliphatic rings. The van der Waals surface area contributed by atoms with Crippen molar-refractivity contribution in [3.8, 4) is 0 Å². The van der Waals surface area contributed by atoms with Gasteiger partial charge in [-0.15, -0.1) is 0 Å². The van der Waals surface area contributed by atoms with Gasteiger partial charge in [-0.1, -0.05) is 30.3 Å². The molecular formula is C20H28N2O5. The van der Waals surface area contributed by atoms with E-state index in [0.29, 0.717) is 52.0 Å². The molecule has 2 aliphatic heterocycles. The lowest BCUT2D eigenvalue weighted by atomic mass is 9.96. The standard InChI is InChI=1S/C20H28N2O5/c23-14-18-17(21-19(24)12-15-4-2-1-3-5-15)7-6-16(27-18)13-20(25)22-8-10-26-11-9-22/h1-5,16-18,23H,6-14H2,(H,21,24)/t16-,17+,18+/m0/s1. The van der Waals surface area contributed by atoms with Crippen LogP contribution in [0, 0.1) is 0 Å². The average Bonchev–Trinajstić information content (AvgIpc) is 2.70. The fourth-order valence-electron chi connectivity index (χ4n) is 3.62. The van der Waals surface area contributed by atoms with E-state index in [1.54, 1.807) is 4.90 Å². The van der Waals surface area contributed by atoms with Crippen LogP contribution in [0.4, 0.5) is 0 Å². The summed E-state index contributed by atoms with van der Waals surface area (Å²) in [6.07, 6.45) is 1.27. The Balaban J connectivity index is 1.47. The van der Waals surface area contributed by atoms with Gasteiger partial charge < -0.3 is 24.8 Å². The summed E-state index contributed by atoms with van der Waals surface area (Å²) in [6, 6.07) is 9.30. The van der Waals surface area contributed by atoms with Crippen LogP contribution in [0.3, 0.4) is 0 Å². The van der Waals surface area contributed by atoms with Gasteiger partial charge in [0.05, 0.1) is 44.8 Å². The largest absolute Gasteiger partial charge is 0.394 e. The van der Waals surface area contributed by atoms with Crippen LogP contribution in [0.2, 0.25) is 0 Å². The molecule has 2 N–H and O–H groups in total. The number of carbonyl (C=O) groups is 2. The number of hydrogen-bond donors (Lipinski definition) is 2. The van der Waals surface area contributed by atoms with Crippen LogP contribution in [0.15, 0.2) is 30.3 Å². The number of ether oxygens (including phenoxy) is 2. The Morgan fingerprint density at radius 3 is 2.59 bits per heavy atom. The number of nitrogens with zero attached hydrogens (tertiary/aromatic N) is 1. The zero-order chi connectivity index (χ0) is 19.1. The zero-order valence-electron chi connectivity index (χ0n) is 15.5. The minimum absolute atomic E-state index is 0.0616. The summed E-state index contributed by atoms with van der Waals surface area (Å²) in [6.45, 7) is 2.21. The summed E-state index contributed by atoms with van der Waals surface area (Å²) in [5.74, 6) is -0.0253. The highest BCUT2D eigenvalue weighted by molar-refractivity contribution is 5.79. The molecule has 7 nitrogen and oxygen atoms in total. The van der Waals surface area contributed by atoms with Gasteiger partial charge in [-0.05, 0) is 18.4 Å². The summed E-state index contributed by atoms with van der Waals surface area (Å²) in [5, 5.41) is 12.6. The predicted octanol–water partition coefficient (Wildman–Crippen LogP) is 0.503. The second-order valence-corrected chi connectivity index (χ2v) is 7.09. The van der Waals surface area contributed by atoms with E-state index in [4.69, 9.17) is 9.47 Å². The fraction of sp³-hybridized carbons (Fsp3) is 0.600. The lowest BCUT2D eigenvalue weighted by Crippen LogP contribution is -2.52. The summed E-state index contributed by atoms with van der Waals surface area (Å²) in [4.78, 5) is 26.5. The van der Waals surface area contributed by atoms with Crippen molar-refractivity contribution >= 4 is 11.8 Å². The average molecular weight is 376 g/mol. The number of morpholine rings is 1. The third-order valence-electron chi connectivity index (χ3n) is 5.12. The van der Waals surface area contributed by atoms with Crippen molar-refractivity contribution < 1.29 is 24.2 Å². The zero-order valence-corrected chi connectivity index (χ0v) is 15.5. The van der Waals surface area contributed by atoms with Gasteiger partial charge in [0.1, 0.15) is 6.10 Å². The molecule has 2 amide bonds. The van der Waals surface area contributed by atoms with Crippen molar-refractivity contribution in [2.24, 2.45) is 0 Å². The van der Waals surface area contributed by atoms with Crippen molar-refractivity contribution in [1.82, 2.24) is 10.2 Å². The molecule has 2 saturated heterocycles. The molecule has 0 radical (unpaired) electrons. The molecule has 148 valence electrons. The third-order valence-corrected chi connectivity index (χ3v) is 5.12. The van der Waals surface area contributed by atoms with E-state index in [1.165, 1.54) is 0 Å². The van der Waals surface area contributed by atoms with Gasteiger partial charge in [0.15, 0.2) is 0 Å². The van der Waals surface area contributed by atoms with Crippen LogP contribution in [-0.4, -0.2) is 73.0 Å². The maximum absolute atomic E-state index is 12.4. The third kappa shape index (κ3) is 5.76. The molecule has 1 aromatic carbocycles. The van der Waals surface area contributed by atoms with Crippen molar-refractivity contribution in [3.63, 3.8) is 0 Å². The number of amides is 2. The van der Waals surface area contributed by atoms with E-state index in [2.05, 4.69) is 5.32 Å². The van der Waals surface area contributed by atoms with E-state index in [-0.39, 0.29) is 30.6 Å². The predicted molar refractivity (Wildman–Crippen MR) is 99.1 cm³/mol. The first-order chi connectivity index (χ1) is 13.2. The van der Waals surface area contributed by atoms with Crippen LogP contribution in [0.5, 0.6) is 0 Å². The summed E-state index contributed by atoms with van der Waals surface area (Å²) < 4.78 is 11.2. The number of hydrogen-bond acceptors (Lipinski definition) is 5. The highest BCUT2D eigenvalue weighted by Gasteiger charge is 2.33. The van der Waals surface area contributed by atoms with Crippen LogP contribution >= 0.6 is 0 Å². The normalized spacial score (nSPS) is 25.8. The van der Waals surface area contributed by atoms with E-state index >= 15 is 0 Å². The quantitative estimate of drug-likeness (QED) is 0.755. The smallest absolute Gasteiger partial charge is 0.225 e. The van der Waals surface area contributed by atoms with Crippen LogP contribution in [0.1, 0.15) is 24.8 Å². The number of rotatable bonds is 6. The Kier molecular flexibility index (Phi) is 7.20. The molecule has 2 heterocycles. The van der Waals surface area contributed by atoms with Crippen LogP contribution < -0.4 is 5.32 Å². The van der Waals surface area contributed by atoms with Gasteiger partial charge in [-0.25, -0.2) is 0 Å².